The fourth-order valence-corrected chi connectivity index (χ4v) is 4.00. The number of hydrogen-bond acceptors (Lipinski definition) is 6. The molecule has 1 heterocycles. The van der Waals surface area contributed by atoms with Gasteiger partial charge in [0.25, 0.3) is 0 Å². The molecule has 1 aromatic heterocycles. The van der Waals surface area contributed by atoms with Crippen LogP contribution in [0.25, 0.3) is 32.9 Å². The molecule has 0 saturated heterocycles. The van der Waals surface area contributed by atoms with Crippen LogP contribution in [0.1, 0.15) is 5.56 Å². The third-order valence-corrected chi connectivity index (χ3v) is 5.73. The highest BCUT2D eigenvalue weighted by molar-refractivity contribution is 6.11. The molecular formula is C29H33NO5. The van der Waals surface area contributed by atoms with E-state index in [4.69, 9.17) is 28.7 Å². The van der Waals surface area contributed by atoms with E-state index in [1.165, 1.54) is 10.8 Å². The van der Waals surface area contributed by atoms with Crippen molar-refractivity contribution < 1.29 is 23.7 Å². The van der Waals surface area contributed by atoms with Gasteiger partial charge in [0.1, 0.15) is 12.4 Å². The van der Waals surface area contributed by atoms with Crippen LogP contribution in [0.4, 0.5) is 0 Å². The Kier molecular flexibility index (Phi) is 9.43. The lowest BCUT2D eigenvalue weighted by atomic mass is 9.97. The Balaban J connectivity index is 1.29. The lowest BCUT2D eigenvalue weighted by Gasteiger charge is -2.13. The van der Waals surface area contributed by atoms with Crippen molar-refractivity contribution in [3.05, 3.63) is 72.3 Å². The predicted molar refractivity (Wildman–Crippen MR) is 139 cm³/mol. The van der Waals surface area contributed by atoms with Crippen LogP contribution in [0.2, 0.25) is 0 Å². The predicted octanol–water partition coefficient (Wildman–Crippen LogP) is 5.44. The zero-order valence-electron chi connectivity index (χ0n) is 20.5. The van der Waals surface area contributed by atoms with Gasteiger partial charge in [-0.2, -0.15) is 0 Å². The van der Waals surface area contributed by atoms with E-state index in [2.05, 4.69) is 61.5 Å². The maximum atomic E-state index is 5.90. The fraction of sp³-hybridized carbons (Fsp3) is 0.345. The SMILES string of the molecule is COCCOCCOCCOCCOc1ccc(-c2nc3ccccc3c3ccccc23)c(C)c1. The number of hydrogen-bond donors (Lipinski definition) is 0. The molecule has 0 unspecified atom stereocenters. The first-order valence-corrected chi connectivity index (χ1v) is 12.0. The number of para-hydroxylation sites is 1. The zero-order valence-corrected chi connectivity index (χ0v) is 20.5. The molecule has 0 radical (unpaired) electrons. The molecule has 6 heteroatoms. The van der Waals surface area contributed by atoms with Crippen molar-refractivity contribution in [2.24, 2.45) is 0 Å². The van der Waals surface area contributed by atoms with E-state index >= 15 is 0 Å². The zero-order chi connectivity index (χ0) is 24.3. The number of aryl methyl sites for hydroxylation is 1. The molecule has 3 aromatic carbocycles. The van der Waals surface area contributed by atoms with E-state index in [0.717, 1.165) is 33.5 Å². The molecule has 0 atom stereocenters. The van der Waals surface area contributed by atoms with Crippen LogP contribution in [0.3, 0.4) is 0 Å². The van der Waals surface area contributed by atoms with Crippen molar-refractivity contribution >= 4 is 21.7 Å². The van der Waals surface area contributed by atoms with Gasteiger partial charge in [-0.05, 0) is 42.1 Å². The van der Waals surface area contributed by atoms with Gasteiger partial charge in [0.15, 0.2) is 0 Å². The Morgan fingerprint density at radius 3 is 1.91 bits per heavy atom. The molecule has 0 N–H and O–H groups in total. The molecule has 0 aliphatic rings. The van der Waals surface area contributed by atoms with Crippen LogP contribution in [0, 0.1) is 6.92 Å². The lowest BCUT2D eigenvalue weighted by molar-refractivity contribution is 0.000163. The Morgan fingerprint density at radius 2 is 1.23 bits per heavy atom. The van der Waals surface area contributed by atoms with Gasteiger partial charge < -0.3 is 23.7 Å². The van der Waals surface area contributed by atoms with Crippen molar-refractivity contribution in [1.29, 1.82) is 0 Å². The summed E-state index contributed by atoms with van der Waals surface area (Å²) in [7, 11) is 1.66. The second-order valence-corrected chi connectivity index (χ2v) is 8.18. The van der Waals surface area contributed by atoms with E-state index in [-0.39, 0.29) is 0 Å². The second kappa shape index (κ2) is 13.2. The van der Waals surface area contributed by atoms with Gasteiger partial charge in [-0.15, -0.1) is 0 Å². The van der Waals surface area contributed by atoms with Gasteiger partial charge in [0.2, 0.25) is 0 Å². The molecule has 6 nitrogen and oxygen atoms in total. The van der Waals surface area contributed by atoms with Crippen LogP contribution in [-0.4, -0.2) is 64.9 Å². The van der Waals surface area contributed by atoms with Crippen molar-refractivity contribution in [2.45, 2.75) is 6.92 Å². The van der Waals surface area contributed by atoms with Crippen LogP contribution in [0.5, 0.6) is 5.75 Å². The smallest absolute Gasteiger partial charge is 0.119 e. The van der Waals surface area contributed by atoms with Gasteiger partial charge in [0.05, 0.1) is 57.5 Å². The number of nitrogens with zero attached hydrogens (tertiary/aromatic N) is 1. The maximum Gasteiger partial charge on any atom is 0.119 e. The van der Waals surface area contributed by atoms with Crippen LogP contribution >= 0.6 is 0 Å². The van der Waals surface area contributed by atoms with Crippen LogP contribution in [0.15, 0.2) is 66.7 Å². The summed E-state index contributed by atoms with van der Waals surface area (Å²) >= 11 is 0. The van der Waals surface area contributed by atoms with E-state index in [1.807, 2.05) is 12.1 Å². The topological polar surface area (TPSA) is 59.0 Å². The van der Waals surface area contributed by atoms with Crippen LogP contribution in [-0.2, 0) is 18.9 Å². The molecule has 184 valence electrons. The number of pyridine rings is 1. The largest absolute Gasteiger partial charge is 0.491 e. The Morgan fingerprint density at radius 1 is 0.629 bits per heavy atom. The molecule has 0 spiro atoms. The highest BCUT2D eigenvalue weighted by Gasteiger charge is 2.12. The third-order valence-electron chi connectivity index (χ3n) is 5.73. The Hall–Kier alpha value is -3.03. The number of benzene rings is 3. The average molecular weight is 476 g/mol. The van der Waals surface area contributed by atoms with Crippen molar-refractivity contribution in [3.8, 4) is 17.0 Å². The number of aromatic nitrogens is 1. The van der Waals surface area contributed by atoms with Crippen molar-refractivity contribution in [3.63, 3.8) is 0 Å². The van der Waals surface area contributed by atoms with Crippen molar-refractivity contribution in [2.75, 3.05) is 60.0 Å². The Bertz CT molecular complexity index is 1230. The minimum Gasteiger partial charge on any atom is -0.491 e. The number of ether oxygens (including phenoxy) is 5. The highest BCUT2D eigenvalue weighted by Crippen LogP contribution is 2.34. The molecular weight excluding hydrogens is 442 g/mol. The Labute approximate surface area is 206 Å². The van der Waals surface area contributed by atoms with E-state index in [9.17, 15) is 0 Å². The van der Waals surface area contributed by atoms with Crippen LogP contribution < -0.4 is 4.74 Å². The number of rotatable bonds is 14. The molecule has 4 rings (SSSR count). The number of fused-ring (bicyclic) bond motifs is 3. The first kappa shape index (κ1) is 25.1. The molecule has 0 aliphatic carbocycles. The third kappa shape index (κ3) is 6.77. The van der Waals surface area contributed by atoms with Gasteiger partial charge in [0, 0.05) is 23.4 Å². The van der Waals surface area contributed by atoms with Gasteiger partial charge in [-0.3, -0.25) is 0 Å². The summed E-state index contributed by atoms with van der Waals surface area (Å²) in [5.41, 5.74) is 4.23. The lowest BCUT2D eigenvalue weighted by Crippen LogP contribution is -2.13. The molecule has 4 aromatic rings. The van der Waals surface area contributed by atoms with E-state index in [1.54, 1.807) is 7.11 Å². The molecule has 0 bridgehead atoms. The fourth-order valence-electron chi connectivity index (χ4n) is 4.00. The highest BCUT2D eigenvalue weighted by atomic mass is 16.6. The summed E-state index contributed by atoms with van der Waals surface area (Å²) < 4.78 is 27.2. The summed E-state index contributed by atoms with van der Waals surface area (Å²) in [6, 6.07) is 22.9. The molecule has 0 saturated carbocycles. The summed E-state index contributed by atoms with van der Waals surface area (Å²) in [4.78, 5) is 5.01. The minimum absolute atomic E-state index is 0.482. The maximum absolute atomic E-state index is 5.90. The van der Waals surface area contributed by atoms with E-state index in [0.29, 0.717) is 52.9 Å². The summed E-state index contributed by atoms with van der Waals surface area (Å²) in [6.45, 7) is 6.45. The normalized spacial score (nSPS) is 11.4. The monoisotopic (exact) mass is 475 g/mol. The number of methoxy groups -OCH3 is 1. The standard InChI is InChI=1S/C29H33NO5/c1-22-21-23(35-20-19-34-18-17-33-16-15-32-14-13-31-2)11-12-24(22)29-27-9-4-3-7-25(27)26-8-5-6-10-28(26)30-29/h3-12,21H,13-20H2,1-2H3. The first-order chi connectivity index (χ1) is 17.3. The van der Waals surface area contributed by atoms with Crippen molar-refractivity contribution in [1.82, 2.24) is 4.98 Å². The van der Waals surface area contributed by atoms with Gasteiger partial charge >= 0.3 is 0 Å². The summed E-state index contributed by atoms with van der Waals surface area (Å²) in [5, 5.41) is 3.54. The quantitative estimate of drug-likeness (QED) is 0.179. The molecule has 0 aliphatic heterocycles. The summed E-state index contributed by atoms with van der Waals surface area (Å²) in [6.07, 6.45) is 0. The molecule has 0 amide bonds. The minimum atomic E-state index is 0.482. The summed E-state index contributed by atoms with van der Waals surface area (Å²) in [5.74, 6) is 0.824. The van der Waals surface area contributed by atoms with Gasteiger partial charge in [-0.1, -0.05) is 42.5 Å². The molecule has 0 fully saturated rings. The molecule has 35 heavy (non-hydrogen) atoms. The van der Waals surface area contributed by atoms with Gasteiger partial charge in [-0.25, -0.2) is 4.98 Å². The van der Waals surface area contributed by atoms with E-state index < -0.39 is 0 Å². The average Bonchev–Trinajstić information content (AvgIpc) is 2.89. The second-order valence-electron chi connectivity index (χ2n) is 8.18. The first-order valence-electron chi connectivity index (χ1n) is 12.0.